The van der Waals surface area contributed by atoms with Gasteiger partial charge in [-0.05, 0) is 29.5 Å². The molecule has 0 radical (unpaired) electrons. The maximum atomic E-state index is 12.6. The summed E-state index contributed by atoms with van der Waals surface area (Å²) in [5.74, 6) is 0.151. The summed E-state index contributed by atoms with van der Waals surface area (Å²) in [7, 11) is -3.17. The average molecular weight is 353 g/mol. The highest BCUT2D eigenvalue weighted by molar-refractivity contribution is 7.89. The van der Waals surface area contributed by atoms with E-state index in [0.717, 1.165) is 0 Å². The van der Waals surface area contributed by atoms with E-state index in [1.54, 1.807) is 4.90 Å². The zero-order valence-electron chi connectivity index (χ0n) is 15.1. The molecule has 1 aliphatic rings. The minimum Gasteiger partial charge on any atom is -0.336 e. The molecule has 1 amide bonds. The van der Waals surface area contributed by atoms with Crippen LogP contribution in [0.2, 0.25) is 0 Å². The maximum absolute atomic E-state index is 12.6. The molecule has 2 rings (SSSR count). The van der Waals surface area contributed by atoms with Gasteiger partial charge in [0.05, 0.1) is 5.75 Å². The highest BCUT2D eigenvalue weighted by Gasteiger charge is 2.28. The molecule has 0 saturated carbocycles. The molecule has 134 valence electrons. The first kappa shape index (κ1) is 18.9. The lowest BCUT2D eigenvalue weighted by molar-refractivity contribution is 0.0698. The van der Waals surface area contributed by atoms with Crippen LogP contribution in [0.15, 0.2) is 24.3 Å². The molecule has 1 aromatic carbocycles. The second kappa shape index (κ2) is 7.23. The number of hydrogen-bond donors (Lipinski definition) is 0. The van der Waals surface area contributed by atoms with Crippen molar-refractivity contribution < 1.29 is 13.2 Å². The largest absolute Gasteiger partial charge is 0.336 e. The van der Waals surface area contributed by atoms with Gasteiger partial charge in [0.1, 0.15) is 0 Å². The lowest BCUT2D eigenvalue weighted by Gasteiger charge is -2.34. The highest BCUT2D eigenvalue weighted by Crippen LogP contribution is 2.22. The van der Waals surface area contributed by atoms with Crippen molar-refractivity contribution in [3.8, 4) is 0 Å². The van der Waals surface area contributed by atoms with Gasteiger partial charge in [-0.2, -0.15) is 4.31 Å². The molecule has 5 nitrogen and oxygen atoms in total. The van der Waals surface area contributed by atoms with Crippen molar-refractivity contribution in [2.75, 3.05) is 31.9 Å². The number of sulfonamides is 1. The van der Waals surface area contributed by atoms with E-state index in [2.05, 4.69) is 20.8 Å². The second-order valence-electron chi connectivity index (χ2n) is 7.33. The van der Waals surface area contributed by atoms with Crippen molar-refractivity contribution in [1.29, 1.82) is 0 Å². The Kier molecular flexibility index (Phi) is 5.71. The second-order valence-corrected chi connectivity index (χ2v) is 9.42. The lowest BCUT2D eigenvalue weighted by atomic mass is 9.86. The number of carbonyl (C=O) groups excluding carboxylic acids is 1. The molecule has 1 fully saturated rings. The average Bonchev–Trinajstić information content (AvgIpc) is 2.53. The summed E-state index contributed by atoms with van der Waals surface area (Å²) in [6, 6.07) is 7.72. The zero-order chi connectivity index (χ0) is 18.0. The van der Waals surface area contributed by atoms with Crippen molar-refractivity contribution in [2.45, 2.75) is 39.5 Å². The minimum absolute atomic E-state index is 0.0250. The van der Waals surface area contributed by atoms with Crippen molar-refractivity contribution in [1.82, 2.24) is 9.21 Å². The van der Waals surface area contributed by atoms with Crippen LogP contribution in [0.3, 0.4) is 0 Å². The van der Waals surface area contributed by atoms with Crippen LogP contribution in [-0.4, -0.2) is 55.5 Å². The van der Waals surface area contributed by atoms with E-state index in [4.69, 9.17) is 0 Å². The molecule has 6 heteroatoms. The number of piperazine rings is 1. The molecular formula is C18H28N2O3S. The Morgan fingerprint density at radius 1 is 1.04 bits per heavy atom. The molecule has 1 heterocycles. The number of rotatable bonds is 4. The van der Waals surface area contributed by atoms with Gasteiger partial charge in [-0.25, -0.2) is 8.42 Å². The van der Waals surface area contributed by atoms with Gasteiger partial charge in [-0.1, -0.05) is 39.8 Å². The summed E-state index contributed by atoms with van der Waals surface area (Å²) < 4.78 is 25.7. The Morgan fingerprint density at radius 3 is 2.04 bits per heavy atom. The van der Waals surface area contributed by atoms with Gasteiger partial charge < -0.3 is 4.90 Å². The molecule has 1 saturated heterocycles. The van der Waals surface area contributed by atoms with Crippen LogP contribution in [-0.2, 0) is 15.4 Å². The van der Waals surface area contributed by atoms with Crippen LogP contribution in [0.5, 0.6) is 0 Å². The normalized spacial score (nSPS) is 17.1. The summed E-state index contributed by atoms with van der Waals surface area (Å²) in [4.78, 5) is 14.3. The molecule has 0 atom stereocenters. The van der Waals surface area contributed by atoms with E-state index in [9.17, 15) is 13.2 Å². The third-order valence-electron chi connectivity index (χ3n) is 4.38. The number of hydrogen-bond acceptors (Lipinski definition) is 3. The highest BCUT2D eigenvalue weighted by atomic mass is 32.2. The summed E-state index contributed by atoms with van der Waals surface area (Å²) in [6.07, 6.45) is 0.613. The Balaban J connectivity index is 2.00. The van der Waals surface area contributed by atoms with Crippen molar-refractivity contribution in [3.63, 3.8) is 0 Å². The van der Waals surface area contributed by atoms with Crippen molar-refractivity contribution in [3.05, 3.63) is 35.4 Å². The topological polar surface area (TPSA) is 57.7 Å². The molecular weight excluding hydrogens is 324 g/mol. The van der Waals surface area contributed by atoms with Crippen molar-refractivity contribution >= 4 is 15.9 Å². The standard InChI is InChI=1S/C18H28N2O3S/c1-5-14-24(22,23)20-12-10-19(11-13-20)17(21)15-6-8-16(9-7-15)18(2,3)4/h6-9H,5,10-14H2,1-4H3. The van der Waals surface area contributed by atoms with Gasteiger partial charge in [-0.3, -0.25) is 4.79 Å². The van der Waals surface area contributed by atoms with Gasteiger partial charge >= 0.3 is 0 Å². The first-order valence-corrected chi connectivity index (χ1v) is 10.1. The predicted molar refractivity (Wildman–Crippen MR) is 96.7 cm³/mol. The Hall–Kier alpha value is -1.40. The molecule has 0 N–H and O–H groups in total. The van der Waals surface area contributed by atoms with E-state index in [0.29, 0.717) is 38.2 Å². The fourth-order valence-electron chi connectivity index (χ4n) is 2.85. The quantitative estimate of drug-likeness (QED) is 0.836. The molecule has 0 bridgehead atoms. The Morgan fingerprint density at radius 2 is 1.58 bits per heavy atom. The van der Waals surface area contributed by atoms with Crippen LogP contribution in [0.4, 0.5) is 0 Å². The van der Waals surface area contributed by atoms with Gasteiger partial charge in [0.15, 0.2) is 0 Å². The Labute approximate surface area is 145 Å². The van der Waals surface area contributed by atoms with Gasteiger partial charge in [0.2, 0.25) is 10.0 Å². The minimum atomic E-state index is -3.17. The summed E-state index contributed by atoms with van der Waals surface area (Å²) in [5.41, 5.74) is 1.91. The fourth-order valence-corrected chi connectivity index (χ4v) is 4.35. The smallest absolute Gasteiger partial charge is 0.253 e. The predicted octanol–water partition coefficient (Wildman–Crippen LogP) is 2.48. The molecule has 1 aliphatic heterocycles. The first-order valence-electron chi connectivity index (χ1n) is 8.53. The summed E-state index contributed by atoms with van der Waals surface area (Å²) in [6.45, 7) is 9.94. The third kappa shape index (κ3) is 4.36. The molecule has 0 aliphatic carbocycles. The monoisotopic (exact) mass is 352 g/mol. The number of benzene rings is 1. The van der Waals surface area contributed by atoms with E-state index >= 15 is 0 Å². The summed E-state index contributed by atoms with van der Waals surface area (Å²) >= 11 is 0. The van der Waals surface area contributed by atoms with E-state index < -0.39 is 10.0 Å². The van der Waals surface area contributed by atoms with Crippen LogP contribution in [0, 0.1) is 0 Å². The number of amides is 1. The van der Waals surface area contributed by atoms with E-state index in [1.807, 2.05) is 31.2 Å². The van der Waals surface area contributed by atoms with Crippen LogP contribution in [0.1, 0.15) is 50.0 Å². The molecule has 0 spiro atoms. The number of carbonyl (C=O) groups is 1. The maximum Gasteiger partial charge on any atom is 0.253 e. The molecule has 0 aromatic heterocycles. The fraction of sp³-hybridized carbons (Fsp3) is 0.611. The van der Waals surface area contributed by atoms with Crippen molar-refractivity contribution in [2.24, 2.45) is 0 Å². The number of nitrogens with zero attached hydrogens (tertiary/aromatic N) is 2. The van der Waals surface area contributed by atoms with E-state index in [1.165, 1.54) is 9.87 Å². The van der Waals surface area contributed by atoms with Gasteiger partial charge in [0.25, 0.3) is 5.91 Å². The first-order chi connectivity index (χ1) is 11.1. The lowest BCUT2D eigenvalue weighted by Crippen LogP contribution is -2.51. The summed E-state index contributed by atoms with van der Waals surface area (Å²) in [5, 5.41) is 0. The van der Waals surface area contributed by atoms with Gasteiger partial charge in [0, 0.05) is 31.7 Å². The third-order valence-corrected chi connectivity index (χ3v) is 6.46. The molecule has 0 unspecified atom stereocenters. The van der Waals surface area contributed by atoms with Gasteiger partial charge in [-0.15, -0.1) is 0 Å². The zero-order valence-corrected chi connectivity index (χ0v) is 15.9. The Bertz CT molecular complexity index is 667. The van der Waals surface area contributed by atoms with E-state index in [-0.39, 0.29) is 17.1 Å². The van der Waals surface area contributed by atoms with Crippen LogP contribution in [0.25, 0.3) is 0 Å². The molecule has 1 aromatic rings. The van der Waals surface area contributed by atoms with Crippen LogP contribution < -0.4 is 0 Å². The molecule has 24 heavy (non-hydrogen) atoms. The van der Waals surface area contributed by atoms with Crippen LogP contribution >= 0.6 is 0 Å². The SMILES string of the molecule is CCCS(=O)(=O)N1CCN(C(=O)c2ccc(C(C)(C)C)cc2)CC1.